The molecule has 0 unspecified atom stereocenters. The van der Waals surface area contributed by atoms with Gasteiger partial charge in [-0.2, -0.15) is 18.3 Å². The van der Waals surface area contributed by atoms with Crippen molar-refractivity contribution in [1.82, 2.24) is 29.5 Å². The number of nitrogens with zero attached hydrogens (tertiary/aromatic N) is 4. The molecular formula is C25H17F3N6O2. The van der Waals surface area contributed by atoms with Gasteiger partial charge < -0.3 is 4.98 Å². The van der Waals surface area contributed by atoms with E-state index in [1.807, 2.05) is 0 Å². The molecule has 4 heterocycles. The molecule has 0 aliphatic heterocycles. The maximum Gasteiger partial charge on any atom is 0.417 e. The van der Waals surface area contributed by atoms with Gasteiger partial charge in [0, 0.05) is 42.0 Å². The van der Waals surface area contributed by atoms with Gasteiger partial charge in [0.15, 0.2) is 5.65 Å². The van der Waals surface area contributed by atoms with Crippen LogP contribution in [0.3, 0.4) is 0 Å². The number of hydrogen-bond donors (Lipinski definition) is 2. The van der Waals surface area contributed by atoms with Crippen LogP contribution in [0.15, 0.2) is 76.8 Å². The van der Waals surface area contributed by atoms with E-state index >= 15 is 0 Å². The lowest BCUT2D eigenvalue weighted by molar-refractivity contribution is -0.137. The maximum absolute atomic E-state index is 13.6. The summed E-state index contributed by atoms with van der Waals surface area (Å²) in [7, 11) is 0. The van der Waals surface area contributed by atoms with Crippen molar-refractivity contribution >= 4 is 5.65 Å². The molecule has 0 amide bonds. The summed E-state index contributed by atoms with van der Waals surface area (Å²) in [5, 5.41) is 4.44. The fourth-order valence-corrected chi connectivity index (χ4v) is 4.61. The van der Waals surface area contributed by atoms with Crippen LogP contribution in [0.5, 0.6) is 0 Å². The zero-order valence-corrected chi connectivity index (χ0v) is 18.5. The third kappa shape index (κ3) is 3.78. The Morgan fingerprint density at radius 2 is 1.81 bits per heavy atom. The quantitative estimate of drug-likeness (QED) is 0.394. The first kappa shape index (κ1) is 22.0. The largest absolute Gasteiger partial charge is 0.417 e. The molecule has 0 saturated heterocycles. The Labute approximate surface area is 200 Å². The van der Waals surface area contributed by atoms with Gasteiger partial charge in [0.05, 0.1) is 16.8 Å². The minimum absolute atomic E-state index is 0.0147. The Kier molecular flexibility index (Phi) is 4.88. The van der Waals surface area contributed by atoms with Gasteiger partial charge in [-0.3, -0.25) is 14.8 Å². The number of nitrogens with one attached hydrogen (secondary N) is 2. The zero-order chi connectivity index (χ0) is 25.0. The number of rotatable bonds is 4. The van der Waals surface area contributed by atoms with Crippen molar-refractivity contribution in [2.75, 3.05) is 0 Å². The summed E-state index contributed by atoms with van der Waals surface area (Å²) in [6.07, 6.45) is 2.33. The van der Waals surface area contributed by atoms with Crippen LogP contribution >= 0.6 is 0 Å². The second-order valence-corrected chi connectivity index (χ2v) is 8.63. The van der Waals surface area contributed by atoms with E-state index in [9.17, 15) is 22.8 Å². The molecule has 5 aromatic rings. The minimum Gasteiger partial charge on any atom is -0.313 e. The molecule has 0 bridgehead atoms. The van der Waals surface area contributed by atoms with Crippen LogP contribution in [0.25, 0.3) is 28.0 Å². The van der Waals surface area contributed by atoms with Crippen LogP contribution in [0.1, 0.15) is 35.1 Å². The van der Waals surface area contributed by atoms with Crippen molar-refractivity contribution in [3.8, 4) is 22.4 Å². The molecule has 0 radical (unpaired) electrons. The lowest BCUT2D eigenvalue weighted by Crippen LogP contribution is -2.23. The Morgan fingerprint density at radius 3 is 2.61 bits per heavy atom. The summed E-state index contributed by atoms with van der Waals surface area (Å²) in [5.41, 5.74) is 1.36. The van der Waals surface area contributed by atoms with Gasteiger partial charge in [-0.25, -0.2) is 14.3 Å². The van der Waals surface area contributed by atoms with E-state index in [0.29, 0.717) is 29.0 Å². The molecule has 4 aromatic heterocycles. The summed E-state index contributed by atoms with van der Waals surface area (Å²) in [5.74, 6) is -0.0493. The van der Waals surface area contributed by atoms with Crippen molar-refractivity contribution in [3.05, 3.63) is 105 Å². The van der Waals surface area contributed by atoms with E-state index in [1.165, 1.54) is 24.5 Å². The zero-order valence-electron chi connectivity index (χ0n) is 18.5. The van der Waals surface area contributed by atoms with Crippen LogP contribution in [-0.2, 0) is 6.18 Å². The molecule has 2 N–H and O–H groups in total. The molecule has 8 nitrogen and oxygen atoms in total. The fraction of sp³-hybridized carbons (Fsp3) is 0.160. The van der Waals surface area contributed by atoms with Crippen LogP contribution in [0.4, 0.5) is 13.2 Å². The Balaban J connectivity index is 1.38. The van der Waals surface area contributed by atoms with Crippen molar-refractivity contribution in [2.24, 2.45) is 0 Å². The average Bonchev–Trinajstić information content (AvgIpc) is 3.51. The highest BCUT2D eigenvalue weighted by Gasteiger charge is 2.43. The Hall–Kier alpha value is -4.54. The SMILES string of the molecule is O=c1[nH]cc(-c2cc([C@H]3C[C@@H]3c3cc(-c4ccccc4C(F)(F)F)ccn3)c3nccn3n2)c(=O)[nH]1. The third-order valence-corrected chi connectivity index (χ3v) is 6.38. The Morgan fingerprint density at radius 1 is 0.972 bits per heavy atom. The normalized spacial score (nSPS) is 17.4. The van der Waals surface area contributed by atoms with Gasteiger partial charge in [-0.05, 0) is 47.7 Å². The number of benzene rings is 1. The van der Waals surface area contributed by atoms with Gasteiger partial charge in [0.1, 0.15) is 0 Å². The second kappa shape index (κ2) is 8.01. The highest BCUT2D eigenvalue weighted by atomic mass is 19.4. The van der Waals surface area contributed by atoms with E-state index in [4.69, 9.17) is 0 Å². The van der Waals surface area contributed by atoms with Gasteiger partial charge in [-0.15, -0.1) is 0 Å². The van der Waals surface area contributed by atoms with Gasteiger partial charge in [-0.1, -0.05) is 18.2 Å². The maximum atomic E-state index is 13.6. The molecule has 1 saturated carbocycles. The number of fused-ring (bicyclic) bond motifs is 1. The minimum atomic E-state index is -4.47. The number of aromatic nitrogens is 6. The van der Waals surface area contributed by atoms with Crippen LogP contribution < -0.4 is 11.2 Å². The van der Waals surface area contributed by atoms with E-state index in [-0.39, 0.29) is 23.0 Å². The molecule has 6 rings (SSSR count). The van der Waals surface area contributed by atoms with Crippen LogP contribution in [-0.4, -0.2) is 29.5 Å². The molecule has 1 aliphatic rings. The fourth-order valence-electron chi connectivity index (χ4n) is 4.61. The standard InChI is InChI=1S/C25H17F3N6O2/c26-25(27,28)19-4-2-1-3-14(19)13-5-6-29-20(9-13)16-10-15(16)17-11-21(33-34-8-7-30-22(17)34)18-12-31-24(36)32-23(18)35/h1-9,11-12,15-16H,10H2,(H2,31,32,35,36)/t15-,16-/m0/s1. The van der Waals surface area contributed by atoms with Gasteiger partial charge >= 0.3 is 11.9 Å². The van der Waals surface area contributed by atoms with Crippen LogP contribution in [0.2, 0.25) is 0 Å². The number of halogens is 3. The molecule has 11 heteroatoms. The van der Waals surface area contributed by atoms with Crippen molar-refractivity contribution in [3.63, 3.8) is 0 Å². The molecule has 1 aromatic carbocycles. The second-order valence-electron chi connectivity index (χ2n) is 8.63. The summed E-state index contributed by atoms with van der Waals surface area (Å²) >= 11 is 0. The first-order chi connectivity index (χ1) is 17.3. The molecule has 1 aliphatic carbocycles. The number of H-pyrrole nitrogens is 2. The average molecular weight is 490 g/mol. The monoisotopic (exact) mass is 490 g/mol. The van der Waals surface area contributed by atoms with E-state index in [2.05, 4.69) is 25.0 Å². The number of imidazole rings is 1. The lowest BCUT2D eigenvalue weighted by Gasteiger charge is -2.13. The van der Waals surface area contributed by atoms with Crippen molar-refractivity contribution in [1.29, 1.82) is 0 Å². The van der Waals surface area contributed by atoms with Crippen molar-refractivity contribution in [2.45, 2.75) is 24.4 Å². The Bertz CT molecular complexity index is 1740. The molecule has 180 valence electrons. The summed E-state index contributed by atoms with van der Waals surface area (Å²) in [4.78, 5) is 37.2. The molecule has 36 heavy (non-hydrogen) atoms. The van der Waals surface area contributed by atoms with E-state index in [0.717, 1.165) is 11.6 Å². The molecular weight excluding hydrogens is 473 g/mol. The molecule has 0 spiro atoms. The lowest BCUT2D eigenvalue weighted by atomic mass is 9.98. The highest BCUT2D eigenvalue weighted by molar-refractivity contribution is 5.69. The van der Waals surface area contributed by atoms with E-state index in [1.54, 1.807) is 41.2 Å². The number of hydrogen-bond acceptors (Lipinski definition) is 5. The third-order valence-electron chi connectivity index (χ3n) is 6.38. The molecule has 1 fully saturated rings. The first-order valence-electron chi connectivity index (χ1n) is 11.1. The van der Waals surface area contributed by atoms with Gasteiger partial charge in [0.25, 0.3) is 5.56 Å². The smallest absolute Gasteiger partial charge is 0.313 e. The first-order valence-corrected chi connectivity index (χ1v) is 11.1. The van der Waals surface area contributed by atoms with E-state index < -0.39 is 23.0 Å². The summed E-state index contributed by atoms with van der Waals surface area (Å²) in [6.45, 7) is 0. The van der Waals surface area contributed by atoms with Gasteiger partial charge in [0.2, 0.25) is 0 Å². The topological polar surface area (TPSA) is 109 Å². The number of pyridine rings is 1. The highest BCUT2D eigenvalue weighted by Crippen LogP contribution is 2.55. The summed E-state index contributed by atoms with van der Waals surface area (Å²) in [6, 6.07) is 10.5. The summed E-state index contributed by atoms with van der Waals surface area (Å²) < 4.78 is 42.2. The van der Waals surface area contributed by atoms with Crippen LogP contribution in [0, 0.1) is 0 Å². The van der Waals surface area contributed by atoms with Crippen molar-refractivity contribution < 1.29 is 13.2 Å². The predicted octanol–water partition coefficient (Wildman–Crippen LogP) is 4.12. The molecule has 2 atom stereocenters. The number of aromatic amines is 2. The number of alkyl halides is 3. The predicted molar refractivity (Wildman–Crippen MR) is 124 cm³/mol.